The molecule has 0 radical (unpaired) electrons. The van der Waals surface area contributed by atoms with Gasteiger partial charge in [0.1, 0.15) is 11.8 Å². The molecule has 166 valence electrons. The van der Waals surface area contributed by atoms with Gasteiger partial charge in [-0.3, -0.25) is 4.79 Å². The van der Waals surface area contributed by atoms with Crippen LogP contribution < -0.4 is 15.6 Å². The highest BCUT2D eigenvalue weighted by atomic mass is 16.5. The number of hydrogen-bond donors (Lipinski definition) is 2. The predicted molar refractivity (Wildman–Crippen MR) is 123 cm³/mol. The molecule has 2 N–H and O–H groups in total. The quantitative estimate of drug-likeness (QED) is 0.750. The molecule has 0 aromatic heterocycles. The summed E-state index contributed by atoms with van der Waals surface area (Å²) in [4.78, 5) is 18.1. The van der Waals surface area contributed by atoms with E-state index in [-0.39, 0.29) is 24.0 Å². The van der Waals surface area contributed by atoms with E-state index in [4.69, 9.17) is 4.74 Å². The summed E-state index contributed by atoms with van der Waals surface area (Å²) in [5.41, 5.74) is 10.2. The first kappa shape index (κ1) is 21.8. The minimum Gasteiger partial charge on any atom is -0.497 e. The van der Waals surface area contributed by atoms with Crippen molar-refractivity contribution < 1.29 is 9.53 Å². The number of nitrogens with one attached hydrogen (secondary N) is 2. The number of amides is 1. The number of aryl methyl sites for hydroxylation is 1. The van der Waals surface area contributed by atoms with Gasteiger partial charge in [0.25, 0.3) is 0 Å². The van der Waals surface area contributed by atoms with Crippen LogP contribution in [0, 0.1) is 6.92 Å². The second-order valence-electron chi connectivity index (χ2n) is 8.89. The number of piperidine rings is 1. The van der Waals surface area contributed by atoms with Crippen molar-refractivity contribution in [3.63, 3.8) is 0 Å². The summed E-state index contributed by atoms with van der Waals surface area (Å²) in [6.07, 6.45) is 2.79. The Bertz CT molecular complexity index is 860. The fourth-order valence-corrected chi connectivity index (χ4v) is 4.56. The molecule has 2 aromatic rings. The number of benzene rings is 2. The molecule has 2 unspecified atom stereocenters. The zero-order valence-electron chi connectivity index (χ0n) is 18.8. The lowest BCUT2D eigenvalue weighted by Crippen LogP contribution is -2.52. The van der Waals surface area contributed by atoms with E-state index >= 15 is 0 Å². The molecule has 0 saturated carbocycles. The minimum absolute atomic E-state index is 0.148. The Morgan fingerprint density at radius 3 is 2.39 bits per heavy atom. The number of methoxy groups -OCH3 is 1. The van der Waals surface area contributed by atoms with Crippen molar-refractivity contribution in [2.75, 3.05) is 27.2 Å². The molecule has 6 heteroatoms. The van der Waals surface area contributed by atoms with Gasteiger partial charge in [0, 0.05) is 18.6 Å². The summed E-state index contributed by atoms with van der Waals surface area (Å²) in [5, 5.41) is 0. The Hall–Kier alpha value is -2.41. The Balaban J connectivity index is 1.48. The molecule has 0 spiro atoms. The normalized spacial score (nSPS) is 22.4. The van der Waals surface area contributed by atoms with Crippen molar-refractivity contribution in [2.24, 2.45) is 0 Å². The monoisotopic (exact) mass is 422 g/mol. The molecule has 6 nitrogen and oxygen atoms in total. The number of ether oxygens (including phenoxy) is 1. The maximum absolute atomic E-state index is 13.7. The maximum Gasteiger partial charge on any atom is 0.241 e. The van der Waals surface area contributed by atoms with E-state index in [1.807, 2.05) is 12.1 Å². The molecular formula is C25H34N4O2. The van der Waals surface area contributed by atoms with Crippen molar-refractivity contribution in [1.82, 2.24) is 20.7 Å². The summed E-state index contributed by atoms with van der Waals surface area (Å²) in [5.74, 6) is 1.02. The van der Waals surface area contributed by atoms with E-state index in [9.17, 15) is 4.79 Å². The summed E-state index contributed by atoms with van der Waals surface area (Å²) in [6, 6.07) is 16.8. The van der Waals surface area contributed by atoms with Crippen LogP contribution in [0.25, 0.3) is 0 Å². The number of hydrazine groups is 1. The molecule has 4 rings (SSSR count). The third kappa shape index (κ3) is 5.26. The van der Waals surface area contributed by atoms with Crippen LogP contribution >= 0.6 is 0 Å². The van der Waals surface area contributed by atoms with Gasteiger partial charge in [-0.15, -0.1) is 0 Å². The average Bonchev–Trinajstić information content (AvgIpc) is 3.29. The second-order valence-corrected chi connectivity index (χ2v) is 8.89. The summed E-state index contributed by atoms with van der Waals surface area (Å²) in [6.45, 7) is 4.78. The summed E-state index contributed by atoms with van der Waals surface area (Å²) >= 11 is 0. The average molecular weight is 423 g/mol. The molecule has 2 aliphatic heterocycles. The number of carbonyl (C=O) groups is 1. The number of carbonyl (C=O) groups excluding carboxylic acids is 1. The minimum atomic E-state index is -0.218. The maximum atomic E-state index is 13.7. The largest absolute Gasteiger partial charge is 0.497 e. The van der Waals surface area contributed by atoms with Gasteiger partial charge in [-0.05, 0) is 69.6 Å². The number of rotatable bonds is 6. The van der Waals surface area contributed by atoms with E-state index in [0.29, 0.717) is 6.54 Å². The Morgan fingerprint density at radius 1 is 1.06 bits per heavy atom. The molecule has 1 amide bonds. The first-order valence-electron chi connectivity index (χ1n) is 11.2. The molecule has 31 heavy (non-hydrogen) atoms. The molecule has 0 aliphatic carbocycles. The van der Waals surface area contributed by atoms with Crippen LogP contribution in [0.2, 0.25) is 0 Å². The second kappa shape index (κ2) is 9.81. The van der Waals surface area contributed by atoms with Crippen LogP contribution in [0.15, 0.2) is 48.5 Å². The molecule has 0 bridgehead atoms. The zero-order chi connectivity index (χ0) is 21.8. The van der Waals surface area contributed by atoms with Gasteiger partial charge in [-0.25, -0.2) is 10.9 Å². The smallest absolute Gasteiger partial charge is 0.241 e. The SMILES string of the molecule is COc1ccc(CN(C(=O)C2CC(c3ccc(C)cc3)NN2)C2CCN(C)CC2)cc1. The standard InChI is InChI=1S/C25H34N4O2/c1-18-4-8-20(9-5-18)23-16-24(27-26-23)25(30)29(21-12-14-28(2)15-13-21)17-19-6-10-22(31-3)11-7-19/h4-11,21,23-24,26-27H,12-17H2,1-3H3. The third-order valence-corrected chi connectivity index (χ3v) is 6.60. The van der Waals surface area contributed by atoms with Crippen LogP contribution in [-0.2, 0) is 11.3 Å². The number of nitrogens with zero attached hydrogens (tertiary/aromatic N) is 2. The van der Waals surface area contributed by atoms with Crippen LogP contribution in [0.4, 0.5) is 0 Å². The fraction of sp³-hybridized carbons (Fsp3) is 0.480. The van der Waals surface area contributed by atoms with Gasteiger partial charge in [0.15, 0.2) is 0 Å². The van der Waals surface area contributed by atoms with E-state index in [1.54, 1.807) is 7.11 Å². The number of likely N-dealkylation sites (tertiary alicyclic amines) is 1. The molecule has 2 atom stereocenters. The van der Waals surface area contributed by atoms with Crippen molar-refractivity contribution >= 4 is 5.91 Å². The van der Waals surface area contributed by atoms with Crippen molar-refractivity contribution in [1.29, 1.82) is 0 Å². The third-order valence-electron chi connectivity index (χ3n) is 6.60. The van der Waals surface area contributed by atoms with Crippen LogP contribution in [0.1, 0.15) is 42.0 Å². The zero-order valence-corrected chi connectivity index (χ0v) is 18.8. The van der Waals surface area contributed by atoms with Crippen molar-refractivity contribution in [2.45, 2.75) is 50.9 Å². The summed E-state index contributed by atoms with van der Waals surface area (Å²) in [7, 11) is 3.83. The molecule has 2 saturated heterocycles. The van der Waals surface area contributed by atoms with Gasteiger partial charge in [-0.1, -0.05) is 42.0 Å². The lowest BCUT2D eigenvalue weighted by atomic mass is 9.98. The van der Waals surface area contributed by atoms with Gasteiger partial charge in [0.2, 0.25) is 5.91 Å². The van der Waals surface area contributed by atoms with E-state index < -0.39 is 0 Å². The van der Waals surface area contributed by atoms with Gasteiger partial charge in [-0.2, -0.15) is 0 Å². The highest BCUT2D eigenvalue weighted by molar-refractivity contribution is 5.82. The van der Waals surface area contributed by atoms with Gasteiger partial charge < -0.3 is 14.5 Å². The van der Waals surface area contributed by atoms with E-state index in [2.05, 4.69) is 71.0 Å². The van der Waals surface area contributed by atoms with Crippen LogP contribution in [-0.4, -0.2) is 55.0 Å². The van der Waals surface area contributed by atoms with Gasteiger partial charge in [0.05, 0.1) is 7.11 Å². The van der Waals surface area contributed by atoms with Crippen LogP contribution in [0.5, 0.6) is 5.75 Å². The van der Waals surface area contributed by atoms with Crippen LogP contribution in [0.3, 0.4) is 0 Å². The highest BCUT2D eigenvalue weighted by Gasteiger charge is 2.36. The number of hydrogen-bond acceptors (Lipinski definition) is 5. The van der Waals surface area contributed by atoms with E-state index in [1.165, 1.54) is 11.1 Å². The Kier molecular flexibility index (Phi) is 6.90. The first-order chi connectivity index (χ1) is 15.0. The Labute approximate surface area is 185 Å². The topological polar surface area (TPSA) is 56.8 Å². The lowest BCUT2D eigenvalue weighted by Gasteiger charge is -2.38. The van der Waals surface area contributed by atoms with Gasteiger partial charge >= 0.3 is 0 Å². The summed E-state index contributed by atoms with van der Waals surface area (Å²) < 4.78 is 5.29. The van der Waals surface area contributed by atoms with Crippen molar-refractivity contribution in [3.05, 3.63) is 65.2 Å². The van der Waals surface area contributed by atoms with E-state index in [0.717, 1.165) is 43.7 Å². The molecule has 2 heterocycles. The molecular weight excluding hydrogens is 388 g/mol. The first-order valence-corrected chi connectivity index (χ1v) is 11.2. The molecule has 2 fully saturated rings. The molecule has 2 aliphatic rings. The van der Waals surface area contributed by atoms with Crippen molar-refractivity contribution in [3.8, 4) is 5.75 Å². The highest BCUT2D eigenvalue weighted by Crippen LogP contribution is 2.26. The molecule has 2 aromatic carbocycles. The Morgan fingerprint density at radius 2 is 1.74 bits per heavy atom. The fourth-order valence-electron chi connectivity index (χ4n) is 4.56. The lowest BCUT2D eigenvalue weighted by molar-refractivity contribution is -0.137. The predicted octanol–water partition coefficient (Wildman–Crippen LogP) is 3.03.